The number of hydrogen-bond acceptors (Lipinski definition) is 3. The molecule has 4 nitrogen and oxygen atoms in total. The molecular weight excluding hydrogens is 500 g/mol. The summed E-state index contributed by atoms with van der Waals surface area (Å²) in [4.78, 5) is 28.9. The fourth-order valence-corrected chi connectivity index (χ4v) is 5.32. The summed E-state index contributed by atoms with van der Waals surface area (Å²) in [5.74, 6) is 1.10. The minimum atomic E-state index is -0.647. The van der Waals surface area contributed by atoms with Crippen molar-refractivity contribution < 1.29 is 9.59 Å². The molecule has 37 heavy (non-hydrogen) atoms. The third-order valence-electron chi connectivity index (χ3n) is 6.03. The van der Waals surface area contributed by atoms with Crippen molar-refractivity contribution in [2.24, 2.45) is 5.92 Å². The van der Waals surface area contributed by atoms with E-state index in [1.807, 2.05) is 54.6 Å². The lowest BCUT2D eigenvalue weighted by atomic mass is 10.0. The van der Waals surface area contributed by atoms with E-state index in [1.54, 1.807) is 16.7 Å². The van der Waals surface area contributed by atoms with Crippen molar-refractivity contribution >= 4 is 35.2 Å². The molecule has 3 aromatic rings. The van der Waals surface area contributed by atoms with Gasteiger partial charge in [-0.3, -0.25) is 9.59 Å². The van der Waals surface area contributed by atoms with Crippen molar-refractivity contribution in [2.45, 2.75) is 52.5 Å². The third kappa shape index (κ3) is 9.24. The predicted molar refractivity (Wildman–Crippen MR) is 156 cm³/mol. The molecule has 0 radical (unpaired) electrons. The fraction of sp³-hybridized carbons (Fsp3) is 0.355. The lowest BCUT2D eigenvalue weighted by molar-refractivity contribution is -0.139. The summed E-state index contributed by atoms with van der Waals surface area (Å²) in [6.07, 6.45) is 0.433. The SMILES string of the molecule is Cc1cc(C)cc(CSCC(=O)N(Cc2ccccc2Cl)[C@H](Cc2ccccc2)C(=O)NCC(C)C)c1. The maximum atomic E-state index is 13.7. The Kier molecular flexibility index (Phi) is 11.1. The molecule has 0 saturated heterocycles. The van der Waals surface area contributed by atoms with E-state index in [0.717, 1.165) is 16.9 Å². The molecule has 6 heteroatoms. The Bertz CT molecular complexity index is 1160. The third-order valence-corrected chi connectivity index (χ3v) is 7.39. The molecular formula is C31H37ClN2O2S. The zero-order valence-electron chi connectivity index (χ0n) is 22.2. The minimum absolute atomic E-state index is 0.0741. The first-order chi connectivity index (χ1) is 17.7. The Balaban J connectivity index is 1.86. The standard InChI is InChI=1S/C31H37ClN2O2S/c1-22(2)18-33-31(36)29(17-25-10-6-5-7-11-25)34(19-27-12-8-9-13-28(27)32)30(35)21-37-20-26-15-23(3)14-24(4)16-26/h5-16,22,29H,17-21H2,1-4H3,(H,33,36)/t29-/m1/s1. The number of amides is 2. The number of thioether (sulfide) groups is 1. The number of benzene rings is 3. The average molecular weight is 537 g/mol. The largest absolute Gasteiger partial charge is 0.354 e. The number of carbonyl (C=O) groups excluding carboxylic acids is 2. The number of rotatable bonds is 12. The van der Waals surface area contributed by atoms with Gasteiger partial charge in [0, 0.05) is 30.3 Å². The Hall–Kier alpha value is -2.76. The molecule has 2 amide bonds. The van der Waals surface area contributed by atoms with Crippen molar-refractivity contribution in [1.29, 1.82) is 0 Å². The summed E-state index contributed by atoms with van der Waals surface area (Å²) < 4.78 is 0. The average Bonchev–Trinajstić information content (AvgIpc) is 2.85. The highest BCUT2D eigenvalue weighted by molar-refractivity contribution is 7.99. The number of nitrogens with one attached hydrogen (secondary N) is 1. The van der Waals surface area contributed by atoms with Crippen LogP contribution >= 0.6 is 23.4 Å². The van der Waals surface area contributed by atoms with Crippen LogP contribution in [0.1, 0.15) is 41.7 Å². The van der Waals surface area contributed by atoms with Crippen LogP contribution in [0.2, 0.25) is 5.02 Å². The van der Waals surface area contributed by atoms with Crippen molar-refractivity contribution in [2.75, 3.05) is 12.3 Å². The van der Waals surface area contributed by atoms with Crippen LogP contribution in [0.15, 0.2) is 72.8 Å². The van der Waals surface area contributed by atoms with E-state index < -0.39 is 6.04 Å². The number of hydrogen-bond donors (Lipinski definition) is 1. The van der Waals surface area contributed by atoms with Crippen molar-refractivity contribution in [3.05, 3.63) is 106 Å². The molecule has 0 aliphatic rings. The zero-order chi connectivity index (χ0) is 26.8. The molecule has 0 spiro atoms. The lowest BCUT2D eigenvalue weighted by Crippen LogP contribution is -2.51. The van der Waals surface area contributed by atoms with Gasteiger partial charge >= 0.3 is 0 Å². The van der Waals surface area contributed by atoms with Crippen LogP contribution in [-0.2, 0) is 28.3 Å². The Morgan fingerprint density at radius 2 is 1.57 bits per heavy atom. The van der Waals surface area contributed by atoms with Crippen LogP contribution < -0.4 is 5.32 Å². The molecule has 1 atom stereocenters. The van der Waals surface area contributed by atoms with E-state index >= 15 is 0 Å². The first-order valence-electron chi connectivity index (χ1n) is 12.7. The molecule has 3 aromatic carbocycles. The highest BCUT2D eigenvalue weighted by Gasteiger charge is 2.30. The van der Waals surface area contributed by atoms with E-state index in [9.17, 15) is 9.59 Å². The highest BCUT2D eigenvalue weighted by atomic mass is 35.5. The quantitative estimate of drug-likeness (QED) is 0.283. The maximum Gasteiger partial charge on any atom is 0.243 e. The van der Waals surface area contributed by atoms with Gasteiger partial charge in [0.25, 0.3) is 0 Å². The maximum absolute atomic E-state index is 13.7. The molecule has 0 heterocycles. The molecule has 0 aliphatic carbocycles. The Morgan fingerprint density at radius 3 is 2.22 bits per heavy atom. The summed E-state index contributed by atoms with van der Waals surface area (Å²) in [6, 6.07) is 23.2. The van der Waals surface area contributed by atoms with Crippen LogP contribution in [0, 0.1) is 19.8 Å². The first-order valence-corrected chi connectivity index (χ1v) is 14.3. The van der Waals surface area contributed by atoms with Gasteiger partial charge in [0.2, 0.25) is 11.8 Å². The summed E-state index contributed by atoms with van der Waals surface area (Å²) in [7, 11) is 0. The van der Waals surface area contributed by atoms with Crippen LogP contribution in [0.4, 0.5) is 0 Å². The molecule has 0 aromatic heterocycles. The molecule has 3 rings (SSSR count). The molecule has 1 N–H and O–H groups in total. The van der Waals surface area contributed by atoms with Gasteiger partial charge in [0.05, 0.1) is 5.75 Å². The van der Waals surface area contributed by atoms with Gasteiger partial charge < -0.3 is 10.2 Å². The van der Waals surface area contributed by atoms with Crippen LogP contribution in [0.25, 0.3) is 0 Å². The summed E-state index contributed by atoms with van der Waals surface area (Å²) in [5, 5.41) is 3.65. The monoisotopic (exact) mass is 536 g/mol. The van der Waals surface area contributed by atoms with E-state index in [0.29, 0.717) is 23.9 Å². The summed E-state index contributed by atoms with van der Waals surface area (Å²) >= 11 is 8.06. The number of nitrogens with zero attached hydrogens (tertiary/aromatic N) is 1. The fourth-order valence-electron chi connectivity index (χ4n) is 4.28. The lowest BCUT2D eigenvalue weighted by Gasteiger charge is -2.32. The second-order valence-electron chi connectivity index (χ2n) is 9.95. The van der Waals surface area contributed by atoms with Crippen molar-refractivity contribution in [3.8, 4) is 0 Å². The molecule has 0 fully saturated rings. The van der Waals surface area contributed by atoms with Crippen molar-refractivity contribution in [1.82, 2.24) is 10.2 Å². The minimum Gasteiger partial charge on any atom is -0.354 e. The predicted octanol–water partition coefficient (Wildman–Crippen LogP) is 6.60. The molecule has 0 saturated carbocycles. The van der Waals surface area contributed by atoms with Crippen molar-refractivity contribution in [3.63, 3.8) is 0 Å². The highest BCUT2D eigenvalue weighted by Crippen LogP contribution is 2.22. The normalized spacial score (nSPS) is 11.8. The van der Waals surface area contributed by atoms with Gasteiger partial charge in [-0.15, -0.1) is 11.8 Å². The van der Waals surface area contributed by atoms with Crippen LogP contribution in [0.3, 0.4) is 0 Å². The summed E-state index contributed by atoms with van der Waals surface area (Å²) in [5.41, 5.74) is 5.46. The first kappa shape index (κ1) is 28.8. The van der Waals surface area contributed by atoms with Crippen LogP contribution in [-0.4, -0.2) is 35.1 Å². The topological polar surface area (TPSA) is 49.4 Å². The van der Waals surface area contributed by atoms with E-state index in [1.165, 1.54) is 16.7 Å². The number of aryl methyl sites for hydroxylation is 2. The van der Waals surface area contributed by atoms with Gasteiger partial charge in [0.1, 0.15) is 6.04 Å². The molecule has 0 bridgehead atoms. The molecule has 0 aliphatic heterocycles. The van der Waals surface area contributed by atoms with Crippen LogP contribution in [0.5, 0.6) is 0 Å². The number of carbonyl (C=O) groups is 2. The zero-order valence-corrected chi connectivity index (χ0v) is 23.7. The summed E-state index contributed by atoms with van der Waals surface area (Å²) in [6.45, 7) is 9.11. The second kappa shape index (κ2) is 14.3. The van der Waals surface area contributed by atoms with E-state index in [2.05, 4.69) is 51.2 Å². The van der Waals surface area contributed by atoms with Gasteiger partial charge in [0.15, 0.2) is 0 Å². The Labute approximate surface area is 230 Å². The molecule has 196 valence electrons. The molecule has 0 unspecified atom stereocenters. The van der Waals surface area contributed by atoms with E-state index in [4.69, 9.17) is 11.6 Å². The van der Waals surface area contributed by atoms with Gasteiger partial charge in [-0.05, 0) is 42.5 Å². The van der Waals surface area contributed by atoms with Gasteiger partial charge in [-0.25, -0.2) is 0 Å². The van der Waals surface area contributed by atoms with Gasteiger partial charge in [-0.1, -0.05) is 103 Å². The Morgan fingerprint density at radius 1 is 0.919 bits per heavy atom. The van der Waals surface area contributed by atoms with Gasteiger partial charge in [-0.2, -0.15) is 0 Å². The second-order valence-corrected chi connectivity index (χ2v) is 11.3. The smallest absolute Gasteiger partial charge is 0.243 e. The van der Waals surface area contributed by atoms with E-state index in [-0.39, 0.29) is 24.1 Å². The number of halogens is 1.